The average Bonchev–Trinajstić information content (AvgIpc) is 2.29. The second-order valence-electron chi connectivity index (χ2n) is 4.06. The van der Waals surface area contributed by atoms with Gasteiger partial charge in [-0.15, -0.1) is 0 Å². The summed E-state index contributed by atoms with van der Waals surface area (Å²) in [6.07, 6.45) is 5.63. The predicted octanol–water partition coefficient (Wildman–Crippen LogP) is 3.79. The smallest absolute Gasteiger partial charge is 0.0708 e. The number of hydrogen-bond donors (Lipinski definition) is 0. The summed E-state index contributed by atoms with van der Waals surface area (Å²) >= 11 is 0. The summed E-state index contributed by atoms with van der Waals surface area (Å²) in [5.74, 6) is 0. The first-order valence-electron chi connectivity index (χ1n) is 6.46. The first-order chi connectivity index (χ1) is 7.24. The zero-order valence-electron chi connectivity index (χ0n) is 11.0. The van der Waals surface area contributed by atoms with E-state index in [0.29, 0.717) is 0 Å². The van der Waals surface area contributed by atoms with Gasteiger partial charge in [0.2, 0.25) is 0 Å². The number of unbranched alkanes of at least 4 members (excludes halogenated alkanes) is 1. The van der Waals surface area contributed by atoms with E-state index in [1.807, 2.05) is 0 Å². The molecule has 0 heterocycles. The van der Waals surface area contributed by atoms with Gasteiger partial charge in [-0.25, -0.2) is 0 Å². The van der Waals surface area contributed by atoms with Crippen LogP contribution in [-0.2, 0) is 9.47 Å². The monoisotopic (exact) mass is 216 g/mol. The molecular weight excluding hydrogens is 188 g/mol. The van der Waals surface area contributed by atoms with Gasteiger partial charge in [0.05, 0.1) is 18.8 Å². The minimum absolute atomic E-state index is 0.0914. The highest BCUT2D eigenvalue weighted by Gasteiger charge is 2.23. The molecule has 0 saturated carbocycles. The normalized spacial score (nSPS) is 12.0. The molecule has 0 aromatic carbocycles. The second kappa shape index (κ2) is 9.17. The van der Waals surface area contributed by atoms with E-state index in [-0.39, 0.29) is 5.60 Å². The molecule has 0 aromatic heterocycles. The highest BCUT2D eigenvalue weighted by Crippen LogP contribution is 2.23. The lowest BCUT2D eigenvalue weighted by Gasteiger charge is -2.30. The van der Waals surface area contributed by atoms with Gasteiger partial charge in [-0.2, -0.15) is 0 Å². The van der Waals surface area contributed by atoms with Crippen LogP contribution in [0, 0.1) is 0 Å². The van der Waals surface area contributed by atoms with Crippen molar-refractivity contribution in [3.8, 4) is 0 Å². The van der Waals surface area contributed by atoms with Crippen molar-refractivity contribution < 1.29 is 9.47 Å². The molecule has 0 aliphatic rings. The Morgan fingerprint density at radius 2 is 1.40 bits per heavy atom. The van der Waals surface area contributed by atoms with Crippen LogP contribution in [0.2, 0.25) is 0 Å². The lowest BCUT2D eigenvalue weighted by atomic mass is 9.94. The van der Waals surface area contributed by atoms with Gasteiger partial charge in [0.25, 0.3) is 0 Å². The Kier molecular flexibility index (Phi) is 9.12. The van der Waals surface area contributed by atoms with Crippen LogP contribution in [0.1, 0.15) is 59.8 Å². The van der Waals surface area contributed by atoms with E-state index in [4.69, 9.17) is 9.47 Å². The Bertz CT molecular complexity index is 122. The van der Waals surface area contributed by atoms with Gasteiger partial charge >= 0.3 is 0 Å². The van der Waals surface area contributed by atoms with Crippen LogP contribution < -0.4 is 0 Å². The van der Waals surface area contributed by atoms with E-state index in [1.165, 1.54) is 6.42 Å². The van der Waals surface area contributed by atoms with Crippen molar-refractivity contribution in [1.29, 1.82) is 0 Å². The maximum absolute atomic E-state index is 5.93. The van der Waals surface area contributed by atoms with Gasteiger partial charge in [0, 0.05) is 6.61 Å². The predicted molar refractivity (Wildman–Crippen MR) is 65.3 cm³/mol. The summed E-state index contributed by atoms with van der Waals surface area (Å²) in [5, 5.41) is 0. The highest BCUT2D eigenvalue weighted by molar-refractivity contribution is 4.75. The Labute approximate surface area is 95.3 Å². The van der Waals surface area contributed by atoms with Crippen molar-refractivity contribution in [2.75, 3.05) is 19.8 Å². The molecule has 0 saturated heterocycles. The Morgan fingerprint density at radius 1 is 0.800 bits per heavy atom. The molecule has 0 amide bonds. The molecule has 0 rings (SSSR count). The summed E-state index contributed by atoms with van der Waals surface area (Å²) in [5.41, 5.74) is 0.0914. The highest BCUT2D eigenvalue weighted by atomic mass is 16.5. The molecule has 0 spiro atoms. The summed E-state index contributed by atoms with van der Waals surface area (Å²) in [6, 6.07) is 0. The molecule has 2 heteroatoms. The van der Waals surface area contributed by atoms with Crippen molar-refractivity contribution in [3.05, 3.63) is 0 Å². The first kappa shape index (κ1) is 14.9. The minimum Gasteiger partial charge on any atom is -0.379 e. The summed E-state index contributed by atoms with van der Waals surface area (Å²) < 4.78 is 11.4. The average molecular weight is 216 g/mol. The van der Waals surface area contributed by atoms with Gasteiger partial charge in [0.1, 0.15) is 0 Å². The Balaban J connectivity index is 3.54. The fraction of sp³-hybridized carbons (Fsp3) is 1.00. The molecule has 0 radical (unpaired) electrons. The van der Waals surface area contributed by atoms with E-state index in [1.54, 1.807) is 0 Å². The van der Waals surface area contributed by atoms with Crippen LogP contribution in [0.15, 0.2) is 0 Å². The van der Waals surface area contributed by atoms with Gasteiger partial charge in [-0.1, -0.05) is 34.1 Å². The maximum atomic E-state index is 5.93. The quantitative estimate of drug-likeness (QED) is 0.517. The summed E-state index contributed by atoms with van der Waals surface area (Å²) in [7, 11) is 0. The molecule has 15 heavy (non-hydrogen) atoms. The van der Waals surface area contributed by atoms with Crippen LogP contribution in [0.3, 0.4) is 0 Å². The fourth-order valence-electron chi connectivity index (χ4n) is 1.72. The summed E-state index contributed by atoms with van der Waals surface area (Å²) in [4.78, 5) is 0. The number of hydrogen-bond acceptors (Lipinski definition) is 2. The van der Waals surface area contributed by atoms with Crippen molar-refractivity contribution >= 4 is 0 Å². The van der Waals surface area contributed by atoms with Crippen molar-refractivity contribution in [2.24, 2.45) is 0 Å². The lowest BCUT2D eigenvalue weighted by Crippen LogP contribution is -2.31. The molecule has 0 fully saturated rings. The fourth-order valence-corrected chi connectivity index (χ4v) is 1.72. The Morgan fingerprint density at radius 3 is 1.87 bits per heavy atom. The Hall–Kier alpha value is -0.0800. The van der Waals surface area contributed by atoms with Crippen LogP contribution in [-0.4, -0.2) is 25.4 Å². The van der Waals surface area contributed by atoms with Gasteiger partial charge in [0.15, 0.2) is 0 Å². The molecule has 0 atom stereocenters. The number of ether oxygens (including phenoxy) is 2. The lowest BCUT2D eigenvalue weighted by molar-refractivity contribution is -0.0748. The SMILES string of the molecule is CCCCOCCOC(CC)(CC)CC. The molecule has 92 valence electrons. The molecule has 0 aromatic rings. The third-order valence-electron chi connectivity index (χ3n) is 3.21. The van der Waals surface area contributed by atoms with Crippen LogP contribution in [0.25, 0.3) is 0 Å². The second-order valence-corrected chi connectivity index (χ2v) is 4.06. The first-order valence-corrected chi connectivity index (χ1v) is 6.46. The van der Waals surface area contributed by atoms with Crippen molar-refractivity contribution in [2.45, 2.75) is 65.4 Å². The molecular formula is C13H28O2. The molecule has 0 aliphatic heterocycles. The summed E-state index contributed by atoms with van der Waals surface area (Å²) in [6.45, 7) is 11.1. The van der Waals surface area contributed by atoms with Crippen molar-refractivity contribution in [1.82, 2.24) is 0 Å². The van der Waals surface area contributed by atoms with Crippen molar-refractivity contribution in [3.63, 3.8) is 0 Å². The molecule has 0 N–H and O–H groups in total. The van der Waals surface area contributed by atoms with E-state index < -0.39 is 0 Å². The van der Waals surface area contributed by atoms with E-state index >= 15 is 0 Å². The van der Waals surface area contributed by atoms with Crippen LogP contribution >= 0.6 is 0 Å². The van der Waals surface area contributed by atoms with Gasteiger partial charge in [-0.3, -0.25) is 0 Å². The van der Waals surface area contributed by atoms with Gasteiger partial charge in [-0.05, 0) is 25.7 Å². The third kappa shape index (κ3) is 6.16. The minimum atomic E-state index is 0.0914. The van der Waals surface area contributed by atoms with Gasteiger partial charge < -0.3 is 9.47 Å². The van der Waals surface area contributed by atoms with E-state index in [2.05, 4.69) is 27.7 Å². The topological polar surface area (TPSA) is 18.5 Å². The maximum Gasteiger partial charge on any atom is 0.0708 e. The molecule has 0 aliphatic carbocycles. The zero-order valence-corrected chi connectivity index (χ0v) is 11.0. The zero-order chi connectivity index (χ0) is 11.6. The molecule has 2 nitrogen and oxygen atoms in total. The third-order valence-corrected chi connectivity index (χ3v) is 3.21. The molecule has 0 bridgehead atoms. The number of rotatable bonds is 10. The molecule has 0 unspecified atom stereocenters. The van der Waals surface area contributed by atoms with E-state index in [9.17, 15) is 0 Å². The standard InChI is InChI=1S/C13H28O2/c1-5-9-10-14-11-12-15-13(6-2,7-3)8-4/h5-12H2,1-4H3. The van der Waals surface area contributed by atoms with Crippen LogP contribution in [0.4, 0.5) is 0 Å². The van der Waals surface area contributed by atoms with Crippen LogP contribution in [0.5, 0.6) is 0 Å². The van der Waals surface area contributed by atoms with E-state index in [0.717, 1.165) is 45.5 Å². The largest absolute Gasteiger partial charge is 0.379 e.